The van der Waals surface area contributed by atoms with Crippen molar-refractivity contribution in [2.45, 2.75) is 96.5 Å². The molecule has 0 spiro atoms. The van der Waals surface area contributed by atoms with Crippen LogP contribution in [0.1, 0.15) is 90.4 Å². The van der Waals surface area contributed by atoms with Crippen LogP contribution in [0.5, 0.6) is 0 Å². The smallest absolute Gasteiger partial charge is 0.303 e. The number of aliphatic hydroxyl groups is 1. The number of allylic oxidation sites excluding steroid dienone is 2. The Bertz CT molecular complexity index is 261. The van der Waals surface area contributed by atoms with Crippen LogP contribution in [-0.4, -0.2) is 22.3 Å². The maximum atomic E-state index is 10.3. The molecule has 0 aliphatic heterocycles. The summed E-state index contributed by atoms with van der Waals surface area (Å²) >= 11 is 0. The number of carbonyl (C=O) groups is 1. The summed E-state index contributed by atoms with van der Waals surface area (Å²) in [5.41, 5.74) is 0. The molecule has 1 unspecified atom stereocenters. The average Bonchev–Trinajstić information content (AvgIpc) is 2.46. The van der Waals surface area contributed by atoms with Gasteiger partial charge in [-0.1, -0.05) is 51.2 Å². The van der Waals surface area contributed by atoms with Crippen molar-refractivity contribution in [1.29, 1.82) is 0 Å². The van der Waals surface area contributed by atoms with E-state index in [1.165, 1.54) is 32.1 Å². The molecule has 0 aromatic heterocycles. The fourth-order valence-corrected chi connectivity index (χ4v) is 2.33. The first kappa shape index (κ1) is 20.2. The Hall–Kier alpha value is -0.830. The van der Waals surface area contributed by atoms with E-state index in [1.54, 1.807) is 0 Å². The molecular weight excluding hydrogens is 264 g/mol. The molecule has 0 heterocycles. The van der Waals surface area contributed by atoms with E-state index < -0.39 is 5.97 Å². The number of carboxylic acid groups (broad SMARTS) is 1. The lowest BCUT2D eigenvalue weighted by atomic mass is 10.1. The van der Waals surface area contributed by atoms with Gasteiger partial charge in [-0.25, -0.2) is 0 Å². The van der Waals surface area contributed by atoms with Crippen molar-refractivity contribution in [1.82, 2.24) is 0 Å². The van der Waals surface area contributed by atoms with Crippen LogP contribution in [0.4, 0.5) is 0 Å². The summed E-state index contributed by atoms with van der Waals surface area (Å²) in [6, 6.07) is 0. The van der Waals surface area contributed by atoms with E-state index in [-0.39, 0.29) is 6.10 Å². The molecular formula is C18H34O3. The quantitative estimate of drug-likeness (QED) is 0.327. The number of aliphatic hydroxyl groups excluding tert-OH is 1. The van der Waals surface area contributed by atoms with Gasteiger partial charge in [0.05, 0.1) is 6.10 Å². The Balaban J connectivity index is 3.13. The summed E-state index contributed by atoms with van der Waals surface area (Å²) in [4.78, 5) is 10.3. The van der Waals surface area contributed by atoms with Crippen LogP contribution < -0.4 is 0 Å². The van der Waals surface area contributed by atoms with Crippen molar-refractivity contribution in [3.8, 4) is 0 Å². The van der Waals surface area contributed by atoms with Gasteiger partial charge in [0.1, 0.15) is 0 Å². The normalized spacial score (nSPS) is 12.9. The standard InChI is InChI=1S/C18H34O3/c1-2-17(19)15-13-11-9-7-5-3-4-6-8-10-12-14-16-18(20)21/h6,8,17,19H,2-5,7,9-16H2,1H3,(H,20,21). The summed E-state index contributed by atoms with van der Waals surface area (Å²) in [5, 5.41) is 17.9. The van der Waals surface area contributed by atoms with E-state index in [2.05, 4.69) is 12.2 Å². The molecule has 0 saturated carbocycles. The summed E-state index contributed by atoms with van der Waals surface area (Å²) in [5.74, 6) is -0.691. The third-order valence-electron chi connectivity index (χ3n) is 3.81. The summed E-state index contributed by atoms with van der Waals surface area (Å²) < 4.78 is 0. The van der Waals surface area contributed by atoms with Crippen molar-refractivity contribution >= 4 is 5.97 Å². The zero-order chi connectivity index (χ0) is 15.8. The van der Waals surface area contributed by atoms with Crippen molar-refractivity contribution in [2.75, 3.05) is 0 Å². The topological polar surface area (TPSA) is 57.5 Å². The predicted molar refractivity (Wildman–Crippen MR) is 88.5 cm³/mol. The van der Waals surface area contributed by atoms with Crippen molar-refractivity contribution < 1.29 is 15.0 Å². The molecule has 0 amide bonds. The number of carboxylic acids is 1. The molecule has 0 radical (unpaired) electrons. The van der Waals surface area contributed by atoms with Gasteiger partial charge >= 0.3 is 5.97 Å². The molecule has 1 atom stereocenters. The molecule has 2 N–H and O–H groups in total. The van der Waals surface area contributed by atoms with E-state index in [4.69, 9.17) is 5.11 Å². The molecule has 124 valence electrons. The molecule has 0 saturated heterocycles. The molecule has 0 aromatic carbocycles. The largest absolute Gasteiger partial charge is 0.481 e. The van der Waals surface area contributed by atoms with Crippen LogP contribution in [0.15, 0.2) is 12.2 Å². The highest BCUT2D eigenvalue weighted by Gasteiger charge is 1.99. The van der Waals surface area contributed by atoms with Crippen molar-refractivity contribution in [3.63, 3.8) is 0 Å². The Kier molecular flexibility index (Phi) is 14.9. The molecule has 0 bridgehead atoms. The predicted octanol–water partition coefficient (Wildman–Crippen LogP) is 5.08. The monoisotopic (exact) mass is 298 g/mol. The van der Waals surface area contributed by atoms with Gasteiger partial charge in [0.25, 0.3) is 0 Å². The zero-order valence-corrected chi connectivity index (χ0v) is 13.7. The minimum Gasteiger partial charge on any atom is -0.481 e. The molecule has 21 heavy (non-hydrogen) atoms. The molecule has 0 rings (SSSR count). The molecule has 0 aromatic rings. The van der Waals surface area contributed by atoms with Crippen LogP contribution >= 0.6 is 0 Å². The van der Waals surface area contributed by atoms with Gasteiger partial charge in [-0.3, -0.25) is 4.79 Å². The maximum Gasteiger partial charge on any atom is 0.303 e. The highest BCUT2D eigenvalue weighted by Crippen LogP contribution is 2.11. The number of hydrogen-bond acceptors (Lipinski definition) is 2. The highest BCUT2D eigenvalue weighted by atomic mass is 16.4. The lowest BCUT2D eigenvalue weighted by molar-refractivity contribution is -0.137. The van der Waals surface area contributed by atoms with Crippen LogP contribution in [0.2, 0.25) is 0 Å². The van der Waals surface area contributed by atoms with E-state index >= 15 is 0 Å². The van der Waals surface area contributed by atoms with E-state index in [1.807, 2.05) is 6.92 Å². The lowest BCUT2D eigenvalue weighted by Gasteiger charge is -2.06. The van der Waals surface area contributed by atoms with Crippen LogP contribution in [0.3, 0.4) is 0 Å². The fourth-order valence-electron chi connectivity index (χ4n) is 2.33. The van der Waals surface area contributed by atoms with Gasteiger partial charge in [0.15, 0.2) is 0 Å². The third-order valence-corrected chi connectivity index (χ3v) is 3.81. The first-order valence-electron chi connectivity index (χ1n) is 8.71. The second kappa shape index (κ2) is 15.6. The molecule has 0 fully saturated rings. The van der Waals surface area contributed by atoms with Gasteiger partial charge < -0.3 is 10.2 Å². The summed E-state index contributed by atoms with van der Waals surface area (Å²) in [7, 11) is 0. The Morgan fingerprint density at radius 1 is 0.905 bits per heavy atom. The zero-order valence-electron chi connectivity index (χ0n) is 13.7. The van der Waals surface area contributed by atoms with E-state index in [0.717, 1.165) is 44.9 Å². The summed E-state index contributed by atoms with van der Waals surface area (Å²) in [6.45, 7) is 2.03. The van der Waals surface area contributed by atoms with Crippen molar-refractivity contribution in [3.05, 3.63) is 12.2 Å². The van der Waals surface area contributed by atoms with Gasteiger partial charge in [0, 0.05) is 6.42 Å². The second-order valence-electron chi connectivity index (χ2n) is 5.87. The van der Waals surface area contributed by atoms with Crippen LogP contribution in [0, 0.1) is 0 Å². The fraction of sp³-hybridized carbons (Fsp3) is 0.833. The van der Waals surface area contributed by atoms with Crippen LogP contribution in [-0.2, 0) is 4.79 Å². The van der Waals surface area contributed by atoms with Gasteiger partial charge in [-0.15, -0.1) is 0 Å². The van der Waals surface area contributed by atoms with E-state index in [9.17, 15) is 9.90 Å². The molecule has 0 aliphatic carbocycles. The highest BCUT2D eigenvalue weighted by molar-refractivity contribution is 5.66. The Morgan fingerprint density at radius 2 is 1.43 bits per heavy atom. The number of hydrogen-bond donors (Lipinski definition) is 2. The number of rotatable bonds is 15. The van der Waals surface area contributed by atoms with Gasteiger partial charge in [0.2, 0.25) is 0 Å². The molecule has 3 nitrogen and oxygen atoms in total. The van der Waals surface area contributed by atoms with Gasteiger partial charge in [-0.2, -0.15) is 0 Å². The minimum absolute atomic E-state index is 0.0920. The average molecular weight is 298 g/mol. The Morgan fingerprint density at radius 3 is 2.00 bits per heavy atom. The van der Waals surface area contributed by atoms with Crippen LogP contribution in [0.25, 0.3) is 0 Å². The van der Waals surface area contributed by atoms with Crippen molar-refractivity contribution in [2.24, 2.45) is 0 Å². The third kappa shape index (κ3) is 17.1. The minimum atomic E-state index is -0.691. The second-order valence-corrected chi connectivity index (χ2v) is 5.87. The van der Waals surface area contributed by atoms with E-state index in [0.29, 0.717) is 6.42 Å². The lowest BCUT2D eigenvalue weighted by Crippen LogP contribution is -2.03. The van der Waals surface area contributed by atoms with Gasteiger partial charge in [-0.05, 0) is 44.9 Å². The summed E-state index contributed by atoms with van der Waals surface area (Å²) in [6.07, 6.45) is 17.9. The number of unbranched alkanes of at least 4 members (excludes halogenated alkanes) is 8. The first-order chi connectivity index (χ1) is 10.2. The molecule has 3 heteroatoms. The maximum absolute atomic E-state index is 10.3. The Labute approximate surface area is 130 Å². The SMILES string of the molecule is CCC(O)CCCCCCCCC=CCCCCC(=O)O. The molecule has 0 aliphatic rings. The first-order valence-corrected chi connectivity index (χ1v) is 8.71. The number of aliphatic carboxylic acids is 1.